The molecule has 0 fully saturated rings. The summed E-state index contributed by atoms with van der Waals surface area (Å²) in [5, 5.41) is 7.58. The van der Waals surface area contributed by atoms with Crippen LogP contribution in [0.15, 0.2) is 35.6 Å². The lowest BCUT2D eigenvalue weighted by molar-refractivity contribution is -0.141. The smallest absolute Gasteiger partial charge is 0.435 e. The summed E-state index contributed by atoms with van der Waals surface area (Å²) in [6.07, 6.45) is -2.31. The molecule has 0 aliphatic carbocycles. The molecule has 3 rings (SSSR count). The summed E-state index contributed by atoms with van der Waals surface area (Å²) in [5.41, 5.74) is -1.51. The summed E-state index contributed by atoms with van der Waals surface area (Å²) in [6.45, 7) is 0.00980. The number of benzene rings is 1. The molecule has 0 amide bonds. The lowest BCUT2D eigenvalue weighted by Gasteiger charge is -2.07. The summed E-state index contributed by atoms with van der Waals surface area (Å²) >= 11 is 12.7. The van der Waals surface area contributed by atoms with Crippen molar-refractivity contribution in [3.63, 3.8) is 0 Å². The van der Waals surface area contributed by atoms with E-state index in [9.17, 15) is 13.2 Å². The first-order chi connectivity index (χ1) is 13.2. The van der Waals surface area contributed by atoms with E-state index in [1.54, 1.807) is 12.1 Å². The van der Waals surface area contributed by atoms with E-state index in [1.165, 1.54) is 36.7 Å². The fourth-order valence-corrected chi connectivity index (χ4v) is 3.14. The molecule has 0 radical (unpaired) electrons. The highest BCUT2D eigenvalue weighted by molar-refractivity contribution is 7.15. The van der Waals surface area contributed by atoms with Gasteiger partial charge in [0.05, 0.1) is 16.7 Å². The Bertz CT molecular complexity index is 987. The van der Waals surface area contributed by atoms with Crippen LogP contribution in [-0.2, 0) is 24.7 Å². The van der Waals surface area contributed by atoms with E-state index in [0.29, 0.717) is 14.4 Å². The lowest BCUT2D eigenvalue weighted by atomic mass is 10.2. The van der Waals surface area contributed by atoms with Crippen molar-refractivity contribution in [3.05, 3.63) is 56.1 Å². The molecule has 0 atom stereocenters. The van der Waals surface area contributed by atoms with E-state index in [-0.39, 0.29) is 23.8 Å². The number of aromatic nitrogens is 3. The SMILES string of the molecule is Cn1nc(C(F)(F)F)c(/C=N/OCc2cnc(Cl)s2)c1Oc1ccc(Cl)cc1. The molecule has 2 aromatic heterocycles. The van der Waals surface area contributed by atoms with E-state index in [0.717, 1.165) is 10.9 Å². The average molecular weight is 451 g/mol. The minimum atomic E-state index is -4.70. The van der Waals surface area contributed by atoms with Gasteiger partial charge in [-0.1, -0.05) is 28.4 Å². The first-order valence-corrected chi connectivity index (χ1v) is 9.14. The van der Waals surface area contributed by atoms with Crippen molar-refractivity contribution < 1.29 is 22.7 Å². The van der Waals surface area contributed by atoms with Crippen molar-refractivity contribution in [2.75, 3.05) is 0 Å². The van der Waals surface area contributed by atoms with Gasteiger partial charge in [0.15, 0.2) is 16.8 Å². The highest BCUT2D eigenvalue weighted by Crippen LogP contribution is 2.36. The molecule has 2 heterocycles. The van der Waals surface area contributed by atoms with Crippen LogP contribution in [0.3, 0.4) is 0 Å². The molecule has 28 heavy (non-hydrogen) atoms. The van der Waals surface area contributed by atoms with E-state index in [2.05, 4.69) is 15.2 Å². The molecular weight excluding hydrogens is 440 g/mol. The molecular formula is C16H11Cl2F3N4O2S. The number of thiazole rings is 1. The third-order valence-corrected chi connectivity index (χ3v) is 4.65. The Balaban J connectivity index is 1.85. The Morgan fingerprint density at radius 2 is 1.96 bits per heavy atom. The first kappa shape index (κ1) is 20.4. The molecule has 0 saturated heterocycles. The number of nitrogens with zero attached hydrogens (tertiary/aromatic N) is 4. The van der Waals surface area contributed by atoms with Gasteiger partial charge in [0.1, 0.15) is 5.75 Å². The molecule has 1 aromatic carbocycles. The molecule has 0 aliphatic rings. The zero-order chi connectivity index (χ0) is 20.3. The van der Waals surface area contributed by atoms with Crippen LogP contribution in [0.2, 0.25) is 9.49 Å². The van der Waals surface area contributed by atoms with Crippen LogP contribution in [0.25, 0.3) is 0 Å². The van der Waals surface area contributed by atoms with Crippen LogP contribution in [0.4, 0.5) is 13.2 Å². The Labute approximate surface area is 171 Å². The second-order valence-corrected chi connectivity index (χ2v) is 7.47. The van der Waals surface area contributed by atoms with E-state index in [4.69, 9.17) is 32.8 Å². The van der Waals surface area contributed by atoms with Crippen molar-refractivity contribution >= 4 is 40.8 Å². The predicted molar refractivity (Wildman–Crippen MR) is 99.2 cm³/mol. The van der Waals surface area contributed by atoms with Crippen molar-refractivity contribution in [1.82, 2.24) is 14.8 Å². The maximum absolute atomic E-state index is 13.3. The standard InChI is InChI=1S/C16H11Cl2F3N4O2S/c1-25-14(27-10-4-2-9(17)3-5-10)12(13(24-25)16(19,20)21)7-23-26-8-11-6-22-15(18)28-11/h2-7H,8H2,1H3/b23-7+. The Morgan fingerprint density at radius 1 is 1.25 bits per heavy atom. The van der Waals surface area contributed by atoms with Crippen molar-refractivity contribution in [2.24, 2.45) is 12.2 Å². The molecule has 0 N–H and O–H groups in total. The second kappa shape index (κ2) is 8.38. The highest BCUT2D eigenvalue weighted by Gasteiger charge is 2.39. The summed E-state index contributed by atoms with van der Waals surface area (Å²) in [6, 6.07) is 6.14. The number of alkyl halides is 3. The number of oxime groups is 1. The number of hydrogen-bond donors (Lipinski definition) is 0. The van der Waals surface area contributed by atoms with Crippen LogP contribution >= 0.6 is 34.5 Å². The minimum Gasteiger partial charge on any atom is -0.439 e. The maximum atomic E-state index is 13.3. The fourth-order valence-electron chi connectivity index (χ4n) is 2.13. The van der Waals surface area contributed by atoms with Gasteiger partial charge in [-0.2, -0.15) is 18.3 Å². The molecule has 0 saturated carbocycles. The van der Waals surface area contributed by atoms with Gasteiger partial charge in [0.2, 0.25) is 5.88 Å². The number of ether oxygens (including phenoxy) is 1. The van der Waals surface area contributed by atoms with Gasteiger partial charge in [0, 0.05) is 18.3 Å². The van der Waals surface area contributed by atoms with Gasteiger partial charge < -0.3 is 9.57 Å². The monoisotopic (exact) mass is 450 g/mol. The summed E-state index contributed by atoms with van der Waals surface area (Å²) < 4.78 is 46.9. The summed E-state index contributed by atoms with van der Waals surface area (Å²) in [7, 11) is 1.33. The topological polar surface area (TPSA) is 61.5 Å². The number of halogens is 5. The molecule has 6 nitrogen and oxygen atoms in total. The maximum Gasteiger partial charge on any atom is 0.435 e. The molecule has 148 valence electrons. The third-order valence-electron chi connectivity index (χ3n) is 3.31. The summed E-state index contributed by atoms with van der Waals surface area (Å²) in [5.74, 6) is 0.138. The molecule has 12 heteroatoms. The normalized spacial score (nSPS) is 11.9. The molecule has 0 unspecified atom stereocenters. The zero-order valence-corrected chi connectivity index (χ0v) is 16.4. The number of rotatable bonds is 6. The molecule has 0 aliphatic heterocycles. The predicted octanol–water partition coefficient (Wildman–Crippen LogP) is 5.55. The summed E-state index contributed by atoms with van der Waals surface area (Å²) in [4.78, 5) is 9.54. The van der Waals surface area contributed by atoms with Crippen molar-refractivity contribution in [1.29, 1.82) is 0 Å². The quantitative estimate of drug-likeness (QED) is 0.365. The minimum absolute atomic E-state index is 0.00980. The Morgan fingerprint density at radius 3 is 2.57 bits per heavy atom. The molecule has 0 bridgehead atoms. The molecule has 0 spiro atoms. The first-order valence-electron chi connectivity index (χ1n) is 7.57. The van der Waals surface area contributed by atoms with Gasteiger partial charge in [0.25, 0.3) is 0 Å². The zero-order valence-electron chi connectivity index (χ0n) is 14.1. The van der Waals surface area contributed by atoms with Crippen LogP contribution in [0, 0.1) is 0 Å². The van der Waals surface area contributed by atoms with E-state index >= 15 is 0 Å². The van der Waals surface area contributed by atoms with Gasteiger partial charge in [-0.15, -0.1) is 11.3 Å². The van der Waals surface area contributed by atoms with Crippen molar-refractivity contribution in [3.8, 4) is 11.6 Å². The van der Waals surface area contributed by atoms with Gasteiger partial charge in [-0.05, 0) is 24.3 Å². The Kier molecular flexibility index (Phi) is 6.11. The Hall–Kier alpha value is -2.30. The van der Waals surface area contributed by atoms with Crippen LogP contribution in [0.1, 0.15) is 16.1 Å². The average Bonchev–Trinajstić information content (AvgIpc) is 3.17. The molecule has 3 aromatic rings. The van der Waals surface area contributed by atoms with Gasteiger partial charge in [-0.25, -0.2) is 9.67 Å². The lowest BCUT2D eigenvalue weighted by Crippen LogP contribution is -2.09. The van der Waals surface area contributed by atoms with Crippen LogP contribution in [0.5, 0.6) is 11.6 Å². The second-order valence-electron chi connectivity index (χ2n) is 5.33. The largest absolute Gasteiger partial charge is 0.439 e. The van der Waals surface area contributed by atoms with Gasteiger partial charge in [-0.3, -0.25) is 0 Å². The van der Waals surface area contributed by atoms with Crippen molar-refractivity contribution in [2.45, 2.75) is 12.8 Å². The van der Waals surface area contributed by atoms with E-state index < -0.39 is 11.9 Å². The van der Waals surface area contributed by atoms with Crippen LogP contribution in [-0.4, -0.2) is 21.0 Å². The van der Waals surface area contributed by atoms with Gasteiger partial charge >= 0.3 is 6.18 Å². The van der Waals surface area contributed by atoms with Crippen LogP contribution < -0.4 is 4.74 Å². The third kappa shape index (κ3) is 4.94. The van der Waals surface area contributed by atoms with E-state index in [1.807, 2.05) is 0 Å². The highest BCUT2D eigenvalue weighted by atomic mass is 35.5. The fraction of sp³-hybridized carbons (Fsp3) is 0.188. The number of hydrogen-bond acceptors (Lipinski definition) is 6. The number of aryl methyl sites for hydroxylation is 1.